The van der Waals surface area contributed by atoms with E-state index in [-0.39, 0.29) is 6.10 Å². The smallest absolute Gasteiger partial charge is 0.300 e. The molecule has 0 amide bonds. The van der Waals surface area contributed by atoms with Crippen LogP contribution in [0.15, 0.2) is 42.9 Å². The zero-order valence-electron chi connectivity index (χ0n) is 21.6. The molecule has 0 radical (unpaired) electrons. The Labute approximate surface area is 222 Å². The van der Waals surface area contributed by atoms with Crippen LogP contribution in [0.5, 0.6) is 0 Å². The first-order valence-corrected chi connectivity index (χ1v) is 14.5. The molecule has 38 heavy (non-hydrogen) atoms. The second-order valence-electron chi connectivity index (χ2n) is 9.43. The van der Waals surface area contributed by atoms with Gasteiger partial charge >= 0.3 is 0 Å². The number of rotatable bonds is 6. The summed E-state index contributed by atoms with van der Waals surface area (Å²) in [6.45, 7) is 5.26. The zero-order valence-corrected chi connectivity index (χ0v) is 22.4. The molecule has 3 N–H and O–H groups in total. The van der Waals surface area contributed by atoms with E-state index in [4.69, 9.17) is 19.6 Å². The molecular weight excluding hydrogens is 508 g/mol. The van der Waals surface area contributed by atoms with Crippen molar-refractivity contribution in [3.8, 4) is 11.3 Å². The van der Waals surface area contributed by atoms with Crippen molar-refractivity contribution in [2.24, 2.45) is 0 Å². The normalized spacial score (nSPS) is 18.9. The van der Waals surface area contributed by atoms with E-state index in [1.54, 1.807) is 22.9 Å². The van der Waals surface area contributed by atoms with Crippen LogP contribution in [-0.2, 0) is 19.6 Å². The van der Waals surface area contributed by atoms with Gasteiger partial charge in [0.1, 0.15) is 11.0 Å². The number of piperidine rings is 1. The van der Waals surface area contributed by atoms with Crippen molar-refractivity contribution >= 4 is 32.7 Å². The number of benzene rings is 1. The van der Waals surface area contributed by atoms with Gasteiger partial charge in [-0.15, -0.1) is 0 Å². The number of fused-ring (bicyclic) bond motifs is 1. The van der Waals surface area contributed by atoms with Gasteiger partial charge in [-0.2, -0.15) is 0 Å². The molecule has 4 heterocycles. The number of hydrogen-bond acceptors (Lipinski definition) is 9. The van der Waals surface area contributed by atoms with Crippen LogP contribution in [0.3, 0.4) is 0 Å². The Kier molecular flexibility index (Phi) is 9.21. The minimum absolute atomic E-state index is 0.0775. The number of ether oxygens (including phenoxy) is 1. The lowest BCUT2D eigenvalue weighted by Crippen LogP contribution is -2.42. The van der Waals surface area contributed by atoms with Gasteiger partial charge in [-0.25, -0.2) is 12.7 Å². The summed E-state index contributed by atoms with van der Waals surface area (Å²) in [5.41, 5.74) is 5.44. The summed E-state index contributed by atoms with van der Waals surface area (Å²) in [7, 11) is -3.12. The Bertz CT molecular complexity index is 1330. The van der Waals surface area contributed by atoms with E-state index >= 15 is 0 Å². The summed E-state index contributed by atoms with van der Waals surface area (Å²) in [5.74, 6) is -0.476. The fourth-order valence-corrected chi connectivity index (χ4v) is 5.60. The summed E-state index contributed by atoms with van der Waals surface area (Å²) in [6, 6.07) is 8.45. The summed E-state index contributed by atoms with van der Waals surface area (Å²) < 4.78 is 31.0. The van der Waals surface area contributed by atoms with Crippen LogP contribution in [0.25, 0.3) is 22.3 Å². The van der Waals surface area contributed by atoms with Crippen molar-refractivity contribution in [3.63, 3.8) is 0 Å². The van der Waals surface area contributed by atoms with Gasteiger partial charge in [-0.1, -0.05) is 24.3 Å². The second-order valence-corrected chi connectivity index (χ2v) is 11.4. The van der Waals surface area contributed by atoms with Crippen molar-refractivity contribution in [3.05, 3.63) is 48.4 Å². The molecule has 2 aliphatic rings. The monoisotopic (exact) mass is 542 g/mol. The molecule has 0 bridgehead atoms. The van der Waals surface area contributed by atoms with Crippen LogP contribution in [-0.4, -0.2) is 90.4 Å². The lowest BCUT2D eigenvalue weighted by atomic mass is 9.89. The third-order valence-corrected chi connectivity index (χ3v) is 7.91. The Hall–Kier alpha value is -3.19. The van der Waals surface area contributed by atoms with Gasteiger partial charge in [0.2, 0.25) is 10.0 Å². The number of nitrogens with zero attached hydrogens (tertiary/aromatic N) is 4. The lowest BCUT2D eigenvalue weighted by Gasteiger charge is -2.30. The first-order chi connectivity index (χ1) is 18.2. The number of carboxylic acid groups (broad SMARTS) is 1. The fraction of sp³-hybridized carbons (Fsp3) is 0.462. The summed E-state index contributed by atoms with van der Waals surface area (Å²) in [6.07, 6.45) is 8.15. The topological polar surface area (TPSA) is 147 Å². The van der Waals surface area contributed by atoms with E-state index < -0.39 is 16.0 Å². The second kappa shape index (κ2) is 12.6. The van der Waals surface area contributed by atoms with Gasteiger partial charge in [0.25, 0.3) is 5.97 Å². The van der Waals surface area contributed by atoms with Crippen molar-refractivity contribution in [1.82, 2.24) is 24.6 Å². The van der Waals surface area contributed by atoms with Gasteiger partial charge in [0, 0.05) is 57.6 Å². The first kappa shape index (κ1) is 27.8. The molecular formula is C26H34N6O5S. The molecule has 0 saturated carbocycles. The molecule has 1 atom stereocenters. The number of morpholine rings is 1. The first-order valence-electron chi connectivity index (χ1n) is 12.6. The predicted molar refractivity (Wildman–Crippen MR) is 146 cm³/mol. The highest BCUT2D eigenvalue weighted by Crippen LogP contribution is 2.34. The molecule has 2 aromatic heterocycles. The minimum Gasteiger partial charge on any atom is -0.481 e. The quantitative estimate of drug-likeness (QED) is 0.424. The third kappa shape index (κ3) is 7.22. The van der Waals surface area contributed by atoms with E-state index in [0.717, 1.165) is 60.8 Å². The molecule has 5 rings (SSSR count). The zero-order chi connectivity index (χ0) is 27.1. The number of nitrogens with one attached hydrogen (secondary N) is 2. The highest BCUT2D eigenvalue weighted by atomic mass is 32.2. The number of anilines is 1. The maximum absolute atomic E-state index is 11.8. The van der Waals surface area contributed by atoms with Gasteiger partial charge < -0.3 is 20.5 Å². The highest BCUT2D eigenvalue weighted by molar-refractivity contribution is 7.88. The number of aliphatic carboxylic acids is 1. The SMILES string of the molecule is CC(=O)O.CS(=O)(=O)N1CCC(c2ccc(-c3ncc4nccnc4c3NC[C@@H]3CNCCO3)cc2)CC1. The van der Waals surface area contributed by atoms with E-state index in [1.165, 1.54) is 11.8 Å². The van der Waals surface area contributed by atoms with Crippen LogP contribution >= 0.6 is 0 Å². The number of pyridine rings is 1. The molecule has 2 fully saturated rings. The average molecular weight is 543 g/mol. The molecule has 0 spiro atoms. The van der Waals surface area contributed by atoms with Crippen molar-refractivity contribution in [2.45, 2.75) is 31.8 Å². The summed E-state index contributed by atoms with van der Waals surface area (Å²) >= 11 is 0. The standard InChI is InChI=1S/C24H30N6O3S.C2H4O2/c1-34(31,32)30-11-6-18(7-12-30)17-2-4-19(5-3-17)22-24(28-15-20-14-25-10-13-33-20)23-21(16-29-22)26-8-9-27-23;1-2(3)4/h2-5,8-9,16,18,20,25,28H,6-7,10-15H2,1H3;1H3,(H,3,4)/t20-;/m0./s1. The van der Waals surface area contributed by atoms with Gasteiger partial charge in [-0.05, 0) is 24.3 Å². The van der Waals surface area contributed by atoms with Crippen molar-refractivity contribution < 1.29 is 23.1 Å². The largest absolute Gasteiger partial charge is 0.481 e. The summed E-state index contributed by atoms with van der Waals surface area (Å²) in [4.78, 5) is 22.7. The number of sulfonamides is 1. The van der Waals surface area contributed by atoms with E-state index in [2.05, 4.69) is 44.9 Å². The fourth-order valence-electron chi connectivity index (χ4n) is 4.73. The van der Waals surface area contributed by atoms with Gasteiger partial charge in [0.05, 0.1) is 36.5 Å². The molecule has 1 aromatic carbocycles. The Morgan fingerprint density at radius 3 is 2.47 bits per heavy atom. The van der Waals surface area contributed by atoms with Gasteiger partial charge in [0.15, 0.2) is 0 Å². The minimum atomic E-state index is -3.12. The molecule has 0 unspecified atom stereocenters. The van der Waals surface area contributed by atoms with E-state index in [1.807, 2.05) is 0 Å². The number of aromatic nitrogens is 3. The maximum Gasteiger partial charge on any atom is 0.300 e. The maximum atomic E-state index is 11.8. The Morgan fingerprint density at radius 1 is 1.16 bits per heavy atom. The highest BCUT2D eigenvalue weighted by Gasteiger charge is 2.26. The number of carboxylic acids is 1. The van der Waals surface area contributed by atoms with Crippen LogP contribution in [0.1, 0.15) is 31.2 Å². The van der Waals surface area contributed by atoms with E-state index in [9.17, 15) is 8.42 Å². The lowest BCUT2D eigenvalue weighted by molar-refractivity contribution is -0.134. The van der Waals surface area contributed by atoms with Crippen molar-refractivity contribution in [1.29, 1.82) is 0 Å². The molecule has 11 nitrogen and oxygen atoms in total. The van der Waals surface area contributed by atoms with Crippen LogP contribution in [0.4, 0.5) is 5.69 Å². The van der Waals surface area contributed by atoms with E-state index in [0.29, 0.717) is 32.2 Å². The number of carbonyl (C=O) groups is 1. The molecule has 3 aromatic rings. The molecule has 2 aliphatic heterocycles. The van der Waals surface area contributed by atoms with Gasteiger partial charge in [-0.3, -0.25) is 19.7 Å². The van der Waals surface area contributed by atoms with Crippen LogP contribution in [0, 0.1) is 0 Å². The summed E-state index contributed by atoms with van der Waals surface area (Å²) in [5, 5.41) is 14.3. The van der Waals surface area contributed by atoms with Crippen LogP contribution < -0.4 is 10.6 Å². The third-order valence-electron chi connectivity index (χ3n) is 6.61. The molecule has 0 aliphatic carbocycles. The molecule has 12 heteroatoms. The Balaban J connectivity index is 0.000000786. The number of hydrogen-bond donors (Lipinski definition) is 3. The Morgan fingerprint density at radius 2 is 1.84 bits per heavy atom. The molecule has 204 valence electrons. The predicted octanol–water partition coefficient (Wildman–Crippen LogP) is 2.32. The van der Waals surface area contributed by atoms with Crippen molar-refractivity contribution in [2.75, 3.05) is 50.9 Å². The molecule has 2 saturated heterocycles. The van der Waals surface area contributed by atoms with Crippen LogP contribution in [0.2, 0.25) is 0 Å². The average Bonchev–Trinajstić information content (AvgIpc) is 2.91.